The minimum Gasteiger partial charge on any atom is -0.371 e. The van der Waals surface area contributed by atoms with E-state index in [1.165, 1.54) is 11.5 Å². The largest absolute Gasteiger partial charge is 0.371 e. The molecule has 1 aromatic heterocycles. The van der Waals surface area contributed by atoms with Crippen LogP contribution in [0.5, 0.6) is 0 Å². The van der Waals surface area contributed by atoms with Crippen LogP contribution in [0.25, 0.3) is 0 Å². The van der Waals surface area contributed by atoms with E-state index in [1.54, 1.807) is 7.05 Å². The lowest BCUT2D eigenvalue weighted by Gasteiger charge is -1.89. The van der Waals surface area contributed by atoms with Crippen LogP contribution in [0, 0.1) is 0 Å². The molecule has 1 N–H and O–H groups in total. The summed E-state index contributed by atoms with van der Waals surface area (Å²) in [6, 6.07) is 0. The van der Waals surface area contributed by atoms with E-state index >= 15 is 0 Å². The summed E-state index contributed by atoms with van der Waals surface area (Å²) in [4.78, 5) is 0. The Balaban J connectivity index is 3.04. The average Bonchev–Trinajstić information content (AvgIpc) is 2.15. The molecule has 0 aliphatic rings. The predicted molar refractivity (Wildman–Crippen MR) is 41.7 cm³/mol. The van der Waals surface area contributed by atoms with Crippen molar-refractivity contribution in [3.8, 4) is 0 Å². The summed E-state index contributed by atoms with van der Waals surface area (Å²) in [6.45, 7) is 0. The second-order valence-corrected chi connectivity index (χ2v) is 3.12. The van der Waals surface area contributed by atoms with Crippen molar-refractivity contribution in [2.45, 2.75) is 0 Å². The van der Waals surface area contributed by atoms with E-state index in [9.17, 15) is 0 Å². The minimum absolute atomic E-state index is 0.504. The van der Waals surface area contributed by atoms with Gasteiger partial charge in [-0.1, -0.05) is 23.2 Å². The second kappa shape index (κ2) is 2.73. The Bertz CT molecular complexity index is 210. The Kier molecular flexibility index (Phi) is 2.16. The molecule has 0 radical (unpaired) electrons. The Morgan fingerprint density at radius 3 is 2.44 bits per heavy atom. The predicted octanol–water partition coefficient (Wildman–Crippen LogP) is 2.49. The second-order valence-electron chi connectivity index (χ2n) is 1.37. The molecule has 0 bridgehead atoms. The number of nitrogens with zero attached hydrogens (tertiary/aromatic N) is 1. The quantitative estimate of drug-likeness (QED) is 0.723. The van der Waals surface area contributed by atoms with Gasteiger partial charge in [0, 0.05) is 7.05 Å². The van der Waals surface area contributed by atoms with Crippen molar-refractivity contribution >= 4 is 40.6 Å². The van der Waals surface area contributed by atoms with Crippen LogP contribution in [0.3, 0.4) is 0 Å². The maximum absolute atomic E-state index is 5.66. The van der Waals surface area contributed by atoms with Crippen LogP contribution in [0.4, 0.5) is 5.82 Å². The highest BCUT2D eigenvalue weighted by atomic mass is 35.5. The molecule has 0 saturated heterocycles. The van der Waals surface area contributed by atoms with Gasteiger partial charge in [0.1, 0.15) is 9.36 Å². The first kappa shape index (κ1) is 7.12. The van der Waals surface area contributed by atoms with Crippen LogP contribution in [0.15, 0.2) is 0 Å². The van der Waals surface area contributed by atoms with Crippen molar-refractivity contribution in [2.75, 3.05) is 12.4 Å². The van der Waals surface area contributed by atoms with Gasteiger partial charge in [-0.05, 0) is 11.5 Å². The molecule has 2 nitrogen and oxygen atoms in total. The molecule has 0 unspecified atom stereocenters. The summed E-state index contributed by atoms with van der Waals surface area (Å²) < 4.78 is 4.43. The standard InChI is InChI=1S/C4H4Cl2N2S/c1-7-4-2(5)3(6)9-8-4/h1H3,(H,7,8). The molecule has 1 rings (SSSR count). The van der Waals surface area contributed by atoms with Crippen molar-refractivity contribution in [2.24, 2.45) is 0 Å². The number of hydrogen-bond donors (Lipinski definition) is 1. The normalized spacial score (nSPS) is 9.67. The zero-order valence-corrected chi connectivity index (χ0v) is 6.94. The number of hydrogen-bond acceptors (Lipinski definition) is 3. The van der Waals surface area contributed by atoms with Gasteiger partial charge in [0.2, 0.25) is 0 Å². The Morgan fingerprint density at radius 1 is 1.56 bits per heavy atom. The third kappa shape index (κ3) is 1.28. The van der Waals surface area contributed by atoms with Gasteiger partial charge in [0.05, 0.1) is 0 Å². The average molecular weight is 183 g/mol. The molecule has 0 aliphatic carbocycles. The third-order valence-electron chi connectivity index (χ3n) is 0.834. The molecule has 0 amide bonds. The molecule has 5 heteroatoms. The topological polar surface area (TPSA) is 24.9 Å². The fraction of sp³-hybridized carbons (Fsp3) is 0.250. The van der Waals surface area contributed by atoms with Gasteiger partial charge in [-0.25, -0.2) is 0 Å². The number of rotatable bonds is 1. The van der Waals surface area contributed by atoms with E-state index in [0.717, 1.165) is 0 Å². The Hall–Kier alpha value is 0.01000. The van der Waals surface area contributed by atoms with Crippen LogP contribution in [-0.4, -0.2) is 11.4 Å². The molecule has 1 aromatic rings. The maximum Gasteiger partial charge on any atom is 0.159 e. The summed E-state index contributed by atoms with van der Waals surface area (Å²) >= 11 is 12.4. The van der Waals surface area contributed by atoms with Crippen LogP contribution in [0.2, 0.25) is 9.36 Å². The first-order chi connectivity index (χ1) is 4.25. The van der Waals surface area contributed by atoms with E-state index in [4.69, 9.17) is 23.2 Å². The van der Waals surface area contributed by atoms with Gasteiger partial charge in [0.15, 0.2) is 5.82 Å². The maximum atomic E-state index is 5.66. The smallest absolute Gasteiger partial charge is 0.159 e. The zero-order chi connectivity index (χ0) is 6.85. The van der Waals surface area contributed by atoms with Crippen molar-refractivity contribution in [1.82, 2.24) is 4.37 Å². The van der Waals surface area contributed by atoms with Gasteiger partial charge < -0.3 is 5.32 Å². The van der Waals surface area contributed by atoms with Gasteiger partial charge in [-0.2, -0.15) is 4.37 Å². The molecule has 9 heavy (non-hydrogen) atoms. The van der Waals surface area contributed by atoms with Gasteiger partial charge in [-0.15, -0.1) is 0 Å². The van der Waals surface area contributed by atoms with Crippen molar-refractivity contribution in [3.05, 3.63) is 9.36 Å². The first-order valence-electron chi connectivity index (χ1n) is 2.24. The van der Waals surface area contributed by atoms with Gasteiger partial charge in [0.25, 0.3) is 0 Å². The molecule has 50 valence electrons. The third-order valence-corrected chi connectivity index (χ3v) is 2.45. The van der Waals surface area contributed by atoms with E-state index in [2.05, 4.69) is 9.69 Å². The van der Waals surface area contributed by atoms with E-state index in [-0.39, 0.29) is 0 Å². The molecule has 0 aliphatic heterocycles. The van der Waals surface area contributed by atoms with E-state index in [1.807, 2.05) is 0 Å². The van der Waals surface area contributed by atoms with Crippen LogP contribution < -0.4 is 5.32 Å². The van der Waals surface area contributed by atoms with Crippen molar-refractivity contribution in [3.63, 3.8) is 0 Å². The molecule has 0 aromatic carbocycles. The van der Waals surface area contributed by atoms with Crippen molar-refractivity contribution < 1.29 is 0 Å². The highest BCUT2D eigenvalue weighted by Crippen LogP contribution is 2.32. The summed E-state index contributed by atoms with van der Waals surface area (Å²) in [6.07, 6.45) is 0. The molecule has 0 atom stereocenters. The Labute approximate surface area is 67.0 Å². The summed E-state index contributed by atoms with van der Waals surface area (Å²) in [5.41, 5.74) is 0. The van der Waals surface area contributed by atoms with Crippen LogP contribution in [-0.2, 0) is 0 Å². The van der Waals surface area contributed by atoms with E-state index < -0.39 is 0 Å². The fourth-order valence-electron chi connectivity index (χ4n) is 0.414. The summed E-state index contributed by atoms with van der Waals surface area (Å²) in [5, 5.41) is 3.30. The SMILES string of the molecule is CNc1nsc(Cl)c1Cl. The molecule has 1 heterocycles. The highest BCUT2D eigenvalue weighted by Gasteiger charge is 2.06. The molecular weight excluding hydrogens is 179 g/mol. The highest BCUT2D eigenvalue weighted by molar-refractivity contribution is 7.11. The molecular formula is C4H4Cl2N2S. The number of aromatic nitrogens is 1. The monoisotopic (exact) mass is 182 g/mol. The first-order valence-corrected chi connectivity index (χ1v) is 3.77. The zero-order valence-electron chi connectivity index (χ0n) is 4.61. The molecule has 0 fully saturated rings. The lowest BCUT2D eigenvalue weighted by atomic mass is 10.6. The molecule has 0 saturated carbocycles. The van der Waals surface area contributed by atoms with Crippen LogP contribution >= 0.6 is 34.7 Å². The van der Waals surface area contributed by atoms with Gasteiger partial charge >= 0.3 is 0 Å². The fourth-order valence-corrected chi connectivity index (χ4v) is 1.43. The number of nitrogens with one attached hydrogen (secondary N) is 1. The van der Waals surface area contributed by atoms with E-state index in [0.29, 0.717) is 15.2 Å². The van der Waals surface area contributed by atoms with Crippen molar-refractivity contribution in [1.29, 1.82) is 0 Å². The lowest BCUT2D eigenvalue weighted by molar-refractivity contribution is 1.43. The minimum atomic E-state index is 0.504. The van der Waals surface area contributed by atoms with Crippen LogP contribution in [0.1, 0.15) is 0 Å². The lowest BCUT2D eigenvalue weighted by Crippen LogP contribution is -1.86. The number of anilines is 1. The Morgan fingerprint density at radius 2 is 2.22 bits per heavy atom. The molecule has 0 spiro atoms. The number of halogens is 2. The van der Waals surface area contributed by atoms with Gasteiger partial charge in [-0.3, -0.25) is 0 Å². The summed E-state index contributed by atoms with van der Waals surface area (Å²) in [7, 11) is 1.75. The summed E-state index contributed by atoms with van der Waals surface area (Å²) in [5.74, 6) is 0.645.